The highest BCUT2D eigenvalue weighted by atomic mass is 16.6. The maximum absolute atomic E-state index is 10.3. The van der Waals surface area contributed by atoms with Crippen molar-refractivity contribution < 1.29 is 9.63 Å². The second kappa shape index (κ2) is 4.58. The summed E-state index contributed by atoms with van der Waals surface area (Å²) in [5.41, 5.74) is 8.40. The first-order valence-corrected chi connectivity index (χ1v) is 3.85. The van der Waals surface area contributed by atoms with Crippen LogP contribution in [0.25, 0.3) is 0 Å². The first kappa shape index (κ1) is 9.69. The largest absolute Gasteiger partial charge is 0.368 e. The van der Waals surface area contributed by atoms with Crippen LogP contribution in [0.1, 0.15) is 18.7 Å². The molecule has 4 N–H and O–H groups in total. The van der Waals surface area contributed by atoms with Crippen LogP contribution in [0, 0.1) is 0 Å². The second-order valence-electron chi connectivity index (χ2n) is 2.61. The standard InChI is InChI=1S/C7H12N4O2/c1-5(6-2-3-9-10-6)11-13-4-7(8)12/h2-3,5,11H,4H2,1H3,(H2,8,12)(H,9,10). The first-order valence-electron chi connectivity index (χ1n) is 3.85. The zero-order valence-electron chi connectivity index (χ0n) is 7.28. The third-order valence-electron chi connectivity index (χ3n) is 1.46. The smallest absolute Gasteiger partial charge is 0.245 e. The molecule has 0 aliphatic heterocycles. The highest BCUT2D eigenvalue weighted by Gasteiger charge is 2.05. The quantitative estimate of drug-likeness (QED) is 0.536. The van der Waals surface area contributed by atoms with Gasteiger partial charge in [0, 0.05) is 6.20 Å². The summed E-state index contributed by atoms with van der Waals surface area (Å²) >= 11 is 0. The number of nitrogens with two attached hydrogens (primary N) is 1. The Morgan fingerprint density at radius 3 is 3.23 bits per heavy atom. The van der Waals surface area contributed by atoms with Crippen LogP contribution in [0.3, 0.4) is 0 Å². The van der Waals surface area contributed by atoms with Crippen molar-refractivity contribution in [3.05, 3.63) is 18.0 Å². The molecule has 0 aliphatic rings. The molecule has 1 aromatic rings. The minimum atomic E-state index is -0.510. The van der Waals surface area contributed by atoms with Crippen molar-refractivity contribution in [1.29, 1.82) is 0 Å². The number of hydrogen-bond donors (Lipinski definition) is 3. The molecule has 13 heavy (non-hydrogen) atoms. The molecule has 1 atom stereocenters. The number of rotatable bonds is 5. The van der Waals surface area contributed by atoms with Gasteiger partial charge < -0.3 is 5.73 Å². The Morgan fingerprint density at radius 2 is 2.69 bits per heavy atom. The zero-order valence-corrected chi connectivity index (χ0v) is 7.28. The molecule has 72 valence electrons. The van der Waals surface area contributed by atoms with E-state index in [2.05, 4.69) is 15.7 Å². The fourth-order valence-electron chi connectivity index (χ4n) is 0.809. The van der Waals surface area contributed by atoms with Crippen molar-refractivity contribution in [3.8, 4) is 0 Å². The van der Waals surface area contributed by atoms with Crippen LogP contribution < -0.4 is 11.2 Å². The topological polar surface area (TPSA) is 93.0 Å². The van der Waals surface area contributed by atoms with Crippen LogP contribution in [-0.4, -0.2) is 22.7 Å². The van der Waals surface area contributed by atoms with Gasteiger partial charge in [0.1, 0.15) is 6.61 Å². The lowest BCUT2D eigenvalue weighted by molar-refractivity contribution is -0.126. The number of amides is 1. The summed E-state index contributed by atoms with van der Waals surface area (Å²) in [6.07, 6.45) is 1.64. The van der Waals surface area contributed by atoms with E-state index in [0.29, 0.717) is 0 Å². The second-order valence-corrected chi connectivity index (χ2v) is 2.61. The van der Waals surface area contributed by atoms with Crippen LogP contribution >= 0.6 is 0 Å². The number of hydroxylamine groups is 1. The number of hydrogen-bond acceptors (Lipinski definition) is 4. The number of aromatic amines is 1. The number of carbonyl (C=O) groups is 1. The number of primary amides is 1. The van der Waals surface area contributed by atoms with Gasteiger partial charge in [0.2, 0.25) is 5.91 Å². The van der Waals surface area contributed by atoms with Gasteiger partial charge in [0.15, 0.2) is 0 Å². The van der Waals surface area contributed by atoms with Gasteiger partial charge in [-0.3, -0.25) is 14.7 Å². The third-order valence-corrected chi connectivity index (χ3v) is 1.46. The van der Waals surface area contributed by atoms with E-state index in [1.54, 1.807) is 6.20 Å². The van der Waals surface area contributed by atoms with E-state index >= 15 is 0 Å². The molecule has 1 unspecified atom stereocenters. The van der Waals surface area contributed by atoms with Crippen LogP contribution in [-0.2, 0) is 9.63 Å². The fourth-order valence-corrected chi connectivity index (χ4v) is 0.809. The number of aromatic nitrogens is 2. The van der Waals surface area contributed by atoms with Crippen LogP contribution in [0.2, 0.25) is 0 Å². The average Bonchev–Trinajstić information content (AvgIpc) is 2.55. The molecule has 6 heteroatoms. The van der Waals surface area contributed by atoms with E-state index in [1.165, 1.54) is 0 Å². The SMILES string of the molecule is CC(NOCC(N)=O)c1ccn[nH]1. The Labute approximate surface area is 75.4 Å². The molecular weight excluding hydrogens is 172 g/mol. The predicted molar refractivity (Wildman–Crippen MR) is 45.3 cm³/mol. The van der Waals surface area contributed by atoms with E-state index in [0.717, 1.165) is 5.69 Å². The van der Waals surface area contributed by atoms with Crippen molar-refractivity contribution in [2.24, 2.45) is 5.73 Å². The van der Waals surface area contributed by atoms with Gasteiger partial charge in [-0.1, -0.05) is 0 Å². The van der Waals surface area contributed by atoms with Crippen LogP contribution in [0.5, 0.6) is 0 Å². The van der Waals surface area contributed by atoms with E-state index in [9.17, 15) is 4.79 Å². The van der Waals surface area contributed by atoms with Crippen molar-refractivity contribution in [3.63, 3.8) is 0 Å². The van der Waals surface area contributed by atoms with E-state index in [1.807, 2.05) is 13.0 Å². The summed E-state index contributed by atoms with van der Waals surface area (Å²) in [5.74, 6) is -0.510. The van der Waals surface area contributed by atoms with Gasteiger partial charge in [-0.15, -0.1) is 0 Å². The summed E-state index contributed by atoms with van der Waals surface area (Å²) in [6.45, 7) is 1.73. The minimum absolute atomic E-state index is 0.0538. The summed E-state index contributed by atoms with van der Waals surface area (Å²) < 4.78 is 0. The summed E-state index contributed by atoms with van der Waals surface area (Å²) in [6, 6.07) is 1.76. The van der Waals surface area contributed by atoms with Crippen molar-refractivity contribution in [1.82, 2.24) is 15.7 Å². The molecule has 0 saturated carbocycles. The molecule has 0 spiro atoms. The third kappa shape index (κ3) is 3.22. The number of H-pyrrole nitrogens is 1. The minimum Gasteiger partial charge on any atom is -0.368 e. The molecule has 0 aliphatic carbocycles. The summed E-state index contributed by atoms with van der Waals surface area (Å²) in [7, 11) is 0. The van der Waals surface area contributed by atoms with E-state index in [4.69, 9.17) is 10.6 Å². The number of nitrogens with one attached hydrogen (secondary N) is 2. The fraction of sp³-hybridized carbons (Fsp3) is 0.429. The van der Waals surface area contributed by atoms with Gasteiger partial charge in [0.05, 0.1) is 11.7 Å². The molecular formula is C7H12N4O2. The normalized spacial score (nSPS) is 12.7. The summed E-state index contributed by atoms with van der Waals surface area (Å²) in [4.78, 5) is 15.1. The highest BCUT2D eigenvalue weighted by Crippen LogP contribution is 2.06. The molecule has 1 heterocycles. The lowest BCUT2D eigenvalue weighted by Gasteiger charge is -2.10. The van der Waals surface area contributed by atoms with Crippen molar-refractivity contribution in [2.75, 3.05) is 6.61 Å². The maximum atomic E-state index is 10.3. The van der Waals surface area contributed by atoms with Crippen LogP contribution in [0.4, 0.5) is 0 Å². The Bertz CT molecular complexity index is 259. The molecule has 0 bridgehead atoms. The monoisotopic (exact) mass is 184 g/mol. The molecule has 0 fully saturated rings. The molecule has 1 aromatic heterocycles. The molecule has 0 saturated heterocycles. The molecule has 0 aromatic carbocycles. The molecule has 1 amide bonds. The molecule has 0 radical (unpaired) electrons. The van der Waals surface area contributed by atoms with Gasteiger partial charge in [-0.2, -0.15) is 10.6 Å². The number of nitrogens with zero attached hydrogens (tertiary/aromatic N) is 1. The van der Waals surface area contributed by atoms with E-state index in [-0.39, 0.29) is 12.6 Å². The van der Waals surface area contributed by atoms with Crippen LogP contribution in [0.15, 0.2) is 12.3 Å². The Morgan fingerprint density at radius 1 is 1.92 bits per heavy atom. The summed E-state index contributed by atoms with van der Waals surface area (Å²) in [5, 5.41) is 6.54. The van der Waals surface area contributed by atoms with Crippen molar-refractivity contribution >= 4 is 5.91 Å². The molecule has 1 rings (SSSR count). The lowest BCUT2D eigenvalue weighted by Crippen LogP contribution is -2.26. The number of carbonyl (C=O) groups excluding carboxylic acids is 1. The average molecular weight is 184 g/mol. The first-order chi connectivity index (χ1) is 6.20. The van der Waals surface area contributed by atoms with E-state index < -0.39 is 5.91 Å². The van der Waals surface area contributed by atoms with Crippen molar-refractivity contribution in [2.45, 2.75) is 13.0 Å². The Hall–Kier alpha value is -1.40. The predicted octanol–water partition coefficient (Wildman–Crippen LogP) is -0.523. The lowest BCUT2D eigenvalue weighted by atomic mass is 10.3. The maximum Gasteiger partial charge on any atom is 0.245 e. The molecule has 6 nitrogen and oxygen atoms in total. The Kier molecular flexibility index (Phi) is 3.41. The van der Waals surface area contributed by atoms with Gasteiger partial charge in [-0.05, 0) is 13.0 Å². The van der Waals surface area contributed by atoms with Gasteiger partial charge in [-0.25, -0.2) is 0 Å². The van der Waals surface area contributed by atoms with Gasteiger partial charge in [0.25, 0.3) is 0 Å². The Balaban J connectivity index is 2.26. The zero-order chi connectivity index (χ0) is 9.68. The van der Waals surface area contributed by atoms with Gasteiger partial charge >= 0.3 is 0 Å². The highest BCUT2D eigenvalue weighted by molar-refractivity contribution is 5.74.